The van der Waals surface area contributed by atoms with Gasteiger partial charge in [-0.05, 0) is 38.3 Å². The van der Waals surface area contributed by atoms with Crippen molar-refractivity contribution in [2.75, 3.05) is 19.7 Å². The predicted molar refractivity (Wildman–Crippen MR) is 104 cm³/mol. The van der Waals surface area contributed by atoms with E-state index in [1.54, 1.807) is 20.8 Å². The lowest BCUT2D eigenvalue weighted by molar-refractivity contribution is -0.134. The quantitative estimate of drug-likeness (QED) is 0.122. The Balaban J connectivity index is 4.83. The van der Waals surface area contributed by atoms with Gasteiger partial charge in [0.1, 0.15) is 17.7 Å². The summed E-state index contributed by atoms with van der Waals surface area (Å²) < 4.78 is 4.98. The second kappa shape index (κ2) is 13.0. The Morgan fingerprint density at radius 3 is 2.16 bits per heavy atom. The van der Waals surface area contributed by atoms with Crippen molar-refractivity contribution in [1.82, 2.24) is 21.3 Å². The summed E-state index contributed by atoms with van der Waals surface area (Å²) in [5.41, 5.74) is 7.23. The van der Waals surface area contributed by atoms with Crippen molar-refractivity contribution in [1.29, 1.82) is 0 Å². The molecule has 15 heteroatoms. The maximum Gasteiger partial charge on any atom is 0.408 e. The molecule has 3 atom stereocenters. The summed E-state index contributed by atoms with van der Waals surface area (Å²) in [7, 11) is 0. The average molecular weight is 445 g/mol. The van der Waals surface area contributed by atoms with E-state index in [0.29, 0.717) is 0 Å². The number of amides is 5. The number of hydrogen-bond donors (Lipinski definition) is 6. The highest BCUT2D eigenvalue weighted by atomic mass is 16.6. The highest BCUT2D eigenvalue weighted by molar-refractivity contribution is 5.93. The van der Waals surface area contributed by atoms with E-state index in [4.69, 9.17) is 10.3 Å². The summed E-state index contributed by atoms with van der Waals surface area (Å²) >= 11 is 0. The van der Waals surface area contributed by atoms with Gasteiger partial charge in [-0.2, -0.15) is 0 Å². The van der Waals surface area contributed by atoms with Crippen molar-refractivity contribution in [2.45, 2.75) is 51.5 Å². The molecule has 0 fully saturated rings. The summed E-state index contributed by atoms with van der Waals surface area (Å²) in [6.45, 7) is 3.97. The minimum Gasteiger partial charge on any atom is -0.444 e. The molecule has 0 saturated carbocycles. The van der Waals surface area contributed by atoms with Crippen LogP contribution in [0.1, 0.15) is 27.7 Å². The van der Waals surface area contributed by atoms with E-state index >= 15 is 0 Å². The third kappa shape index (κ3) is 12.0. The van der Waals surface area contributed by atoms with E-state index in [0.717, 1.165) is 0 Å². The molecule has 0 spiro atoms. The van der Waals surface area contributed by atoms with Crippen molar-refractivity contribution in [3.8, 4) is 0 Å². The zero-order chi connectivity index (χ0) is 24.2. The number of aliphatic hydroxyl groups is 2. The van der Waals surface area contributed by atoms with Gasteiger partial charge in [0.25, 0.3) is 0 Å². The fourth-order valence-corrected chi connectivity index (χ4v) is 1.90. The molecule has 174 valence electrons. The number of carbonyl (C=O) groups excluding carboxylic acids is 5. The number of alkyl carbamates (subject to hydrolysis) is 1. The molecule has 5 amide bonds. The lowest BCUT2D eigenvalue weighted by Gasteiger charge is -2.25. The SMILES string of the molecule is C[C@@H](O)[C@H](NC(=O)[C@H](CO)NC(=O)OC(C)(C)C)C(=O)NCC(=O)NCC(=O)N=[N+]=[N-]. The Hall–Kier alpha value is -3.42. The van der Waals surface area contributed by atoms with Crippen molar-refractivity contribution in [3.05, 3.63) is 10.4 Å². The second-order valence-electron chi connectivity index (χ2n) is 7.19. The molecule has 6 N–H and O–H groups in total. The summed E-state index contributed by atoms with van der Waals surface area (Å²) in [5.74, 6) is -3.68. The van der Waals surface area contributed by atoms with Crippen LogP contribution in [-0.4, -0.2) is 83.4 Å². The molecule has 0 rings (SSSR count). The van der Waals surface area contributed by atoms with Gasteiger partial charge in [0.05, 0.1) is 25.8 Å². The zero-order valence-electron chi connectivity index (χ0n) is 17.5. The number of carbonyl (C=O) groups is 5. The Kier molecular flexibility index (Phi) is 11.6. The normalized spacial score (nSPS) is 13.5. The second-order valence-corrected chi connectivity index (χ2v) is 7.19. The van der Waals surface area contributed by atoms with Gasteiger partial charge in [-0.15, -0.1) is 0 Å². The third-order valence-electron chi connectivity index (χ3n) is 3.27. The van der Waals surface area contributed by atoms with Crippen molar-refractivity contribution >= 4 is 29.7 Å². The van der Waals surface area contributed by atoms with Gasteiger partial charge in [0, 0.05) is 4.91 Å². The number of ether oxygens (including phenoxy) is 1. The summed E-state index contributed by atoms with van der Waals surface area (Å²) in [6.07, 6.45) is -2.38. The highest BCUT2D eigenvalue weighted by Gasteiger charge is 2.30. The van der Waals surface area contributed by atoms with Crippen LogP contribution in [-0.2, 0) is 23.9 Å². The molecule has 0 unspecified atom stereocenters. The zero-order valence-corrected chi connectivity index (χ0v) is 17.5. The Labute approximate surface area is 177 Å². The van der Waals surface area contributed by atoms with Crippen molar-refractivity contribution < 1.29 is 38.9 Å². The molecule has 31 heavy (non-hydrogen) atoms. The molecule has 0 radical (unpaired) electrons. The van der Waals surface area contributed by atoms with Crippen molar-refractivity contribution in [2.24, 2.45) is 5.11 Å². The molecule has 0 aromatic heterocycles. The lowest BCUT2D eigenvalue weighted by atomic mass is 10.1. The van der Waals surface area contributed by atoms with Gasteiger partial charge in [0.15, 0.2) is 0 Å². The van der Waals surface area contributed by atoms with Gasteiger partial charge in [-0.25, -0.2) is 4.79 Å². The standard InChI is InChI=1S/C16H27N7O8/c1-8(25)12(14(29)19-5-10(26)18-6-11(27)22-23-17)21-13(28)9(7-24)20-15(30)31-16(2,3)4/h8-9,12,24-25H,5-7H2,1-4H3,(H,18,26)(H,19,29)(H,20,30)(H,21,28)/t8-,9+,12+/m1/s1. The van der Waals surface area contributed by atoms with E-state index in [2.05, 4.69) is 31.3 Å². The molecule has 15 nitrogen and oxygen atoms in total. The molecule has 0 saturated heterocycles. The van der Waals surface area contributed by atoms with Crippen LogP contribution in [0.3, 0.4) is 0 Å². The first-order valence-corrected chi connectivity index (χ1v) is 9.01. The minimum absolute atomic E-state index is 0.580. The highest BCUT2D eigenvalue weighted by Crippen LogP contribution is 2.07. The van der Waals surface area contributed by atoms with Crippen LogP contribution in [0.2, 0.25) is 0 Å². The predicted octanol–water partition coefficient (Wildman–Crippen LogP) is -2.19. The molecule has 0 bridgehead atoms. The maximum absolute atomic E-state index is 12.3. The topological polar surface area (TPSA) is 232 Å². The monoisotopic (exact) mass is 445 g/mol. The summed E-state index contributed by atoms with van der Waals surface area (Å²) in [6, 6.07) is -3.00. The van der Waals surface area contributed by atoms with Crippen LogP contribution in [0.15, 0.2) is 5.11 Å². The molecule has 0 aliphatic rings. The van der Waals surface area contributed by atoms with Crippen LogP contribution < -0.4 is 21.3 Å². The number of rotatable bonds is 10. The largest absolute Gasteiger partial charge is 0.444 e. The van der Waals surface area contributed by atoms with E-state index in [1.165, 1.54) is 6.92 Å². The molecule has 0 aromatic rings. The van der Waals surface area contributed by atoms with Gasteiger partial charge in [0.2, 0.25) is 23.6 Å². The molecular formula is C16H27N7O8. The van der Waals surface area contributed by atoms with E-state index in [-0.39, 0.29) is 0 Å². The molecule has 0 aromatic carbocycles. The van der Waals surface area contributed by atoms with E-state index in [1.807, 2.05) is 0 Å². The fourth-order valence-electron chi connectivity index (χ4n) is 1.90. The smallest absolute Gasteiger partial charge is 0.408 e. The number of nitrogens with zero attached hydrogens (tertiary/aromatic N) is 3. The first-order valence-electron chi connectivity index (χ1n) is 9.01. The van der Waals surface area contributed by atoms with E-state index < -0.39 is 73.2 Å². The van der Waals surface area contributed by atoms with Gasteiger partial charge < -0.3 is 36.2 Å². The fraction of sp³-hybridized carbons (Fsp3) is 0.688. The summed E-state index contributed by atoms with van der Waals surface area (Å²) in [4.78, 5) is 61.1. The molecular weight excluding hydrogens is 418 g/mol. The van der Waals surface area contributed by atoms with E-state index in [9.17, 15) is 34.2 Å². The first-order chi connectivity index (χ1) is 14.3. The number of hydrogen-bond acceptors (Lipinski definition) is 8. The van der Waals surface area contributed by atoms with Crippen LogP contribution in [0.4, 0.5) is 4.79 Å². The minimum atomic E-state index is -1.53. The van der Waals surface area contributed by atoms with Crippen LogP contribution in [0.25, 0.3) is 10.4 Å². The molecule has 0 aliphatic heterocycles. The Bertz CT molecular complexity index is 728. The van der Waals surface area contributed by atoms with Crippen LogP contribution in [0, 0.1) is 0 Å². The van der Waals surface area contributed by atoms with Gasteiger partial charge in [-0.3, -0.25) is 19.2 Å². The third-order valence-corrected chi connectivity index (χ3v) is 3.27. The number of azide groups is 1. The average Bonchev–Trinajstić information content (AvgIpc) is 2.65. The molecule has 0 aliphatic carbocycles. The van der Waals surface area contributed by atoms with Crippen LogP contribution >= 0.6 is 0 Å². The lowest BCUT2D eigenvalue weighted by Crippen LogP contribution is -2.58. The maximum atomic E-state index is 12.3. The number of nitrogens with one attached hydrogen (secondary N) is 4. The van der Waals surface area contributed by atoms with Gasteiger partial charge >= 0.3 is 6.09 Å². The first kappa shape index (κ1) is 27.6. The number of aliphatic hydroxyl groups excluding tert-OH is 2. The van der Waals surface area contributed by atoms with Crippen molar-refractivity contribution in [3.63, 3.8) is 0 Å². The Morgan fingerprint density at radius 2 is 1.68 bits per heavy atom. The Morgan fingerprint density at radius 1 is 1.06 bits per heavy atom. The van der Waals surface area contributed by atoms with Crippen LogP contribution in [0.5, 0.6) is 0 Å². The van der Waals surface area contributed by atoms with Gasteiger partial charge in [-0.1, -0.05) is 0 Å². The molecule has 0 heterocycles. The summed E-state index contributed by atoms with van der Waals surface area (Å²) in [5, 5.41) is 30.4.